The van der Waals surface area contributed by atoms with Gasteiger partial charge in [-0.15, -0.1) is 0 Å². The topological polar surface area (TPSA) is 86.6 Å². The van der Waals surface area contributed by atoms with E-state index in [4.69, 9.17) is 5.11 Å². The molecule has 116 valence electrons. The summed E-state index contributed by atoms with van der Waals surface area (Å²) in [5.74, 6) is -0.795. The van der Waals surface area contributed by atoms with Crippen LogP contribution in [-0.4, -0.2) is 22.1 Å². The van der Waals surface area contributed by atoms with Crippen molar-refractivity contribution in [1.82, 2.24) is 0 Å². The van der Waals surface area contributed by atoms with Crippen LogP contribution in [0.25, 0.3) is 0 Å². The first-order valence-corrected chi connectivity index (χ1v) is 7.30. The number of anilines is 1. The first-order valence-electron chi connectivity index (χ1n) is 7.30. The quantitative estimate of drug-likeness (QED) is 0.480. The van der Waals surface area contributed by atoms with Crippen molar-refractivity contribution in [2.75, 3.05) is 5.32 Å². The SMILES string of the molecule is Cc1ccc(O)c(NC(=O)CCCCCCCC(=O)O)c1. The van der Waals surface area contributed by atoms with Crippen LogP contribution in [0.2, 0.25) is 0 Å². The average molecular weight is 293 g/mol. The number of rotatable bonds is 9. The third-order valence-corrected chi connectivity index (χ3v) is 3.22. The van der Waals surface area contributed by atoms with Gasteiger partial charge in [0.15, 0.2) is 0 Å². The number of unbranched alkanes of at least 4 members (excludes halogenated alkanes) is 4. The first kappa shape index (κ1) is 17.0. The van der Waals surface area contributed by atoms with Crippen molar-refractivity contribution in [1.29, 1.82) is 0 Å². The number of amides is 1. The number of aromatic hydroxyl groups is 1. The average Bonchev–Trinajstić information content (AvgIpc) is 2.41. The summed E-state index contributed by atoms with van der Waals surface area (Å²) in [6.45, 7) is 1.90. The molecule has 5 heteroatoms. The summed E-state index contributed by atoms with van der Waals surface area (Å²) in [7, 11) is 0. The van der Waals surface area contributed by atoms with Crippen molar-refractivity contribution in [3.63, 3.8) is 0 Å². The number of hydrogen-bond donors (Lipinski definition) is 3. The largest absolute Gasteiger partial charge is 0.506 e. The normalized spacial score (nSPS) is 10.3. The monoisotopic (exact) mass is 293 g/mol. The van der Waals surface area contributed by atoms with Gasteiger partial charge in [0.05, 0.1) is 5.69 Å². The van der Waals surface area contributed by atoms with E-state index in [9.17, 15) is 14.7 Å². The molecule has 0 aromatic heterocycles. The molecule has 21 heavy (non-hydrogen) atoms. The second-order valence-corrected chi connectivity index (χ2v) is 5.23. The Bertz CT molecular complexity index is 485. The molecular formula is C16H23NO4. The maximum absolute atomic E-state index is 11.8. The number of phenolic OH excluding ortho intramolecular Hbond substituents is 1. The van der Waals surface area contributed by atoms with Crippen molar-refractivity contribution in [2.45, 2.75) is 51.9 Å². The molecule has 0 atom stereocenters. The van der Waals surface area contributed by atoms with Gasteiger partial charge in [-0.3, -0.25) is 9.59 Å². The van der Waals surface area contributed by atoms with Crippen LogP contribution in [0, 0.1) is 6.92 Å². The number of carbonyl (C=O) groups is 2. The number of carboxylic acid groups (broad SMARTS) is 1. The molecule has 0 aliphatic heterocycles. The van der Waals surface area contributed by atoms with Crippen molar-refractivity contribution < 1.29 is 19.8 Å². The lowest BCUT2D eigenvalue weighted by Crippen LogP contribution is -2.11. The Hall–Kier alpha value is -2.04. The minimum absolute atomic E-state index is 0.0719. The number of carbonyl (C=O) groups excluding carboxylic acids is 1. The number of aryl methyl sites for hydroxylation is 1. The Morgan fingerprint density at radius 3 is 2.33 bits per heavy atom. The second kappa shape index (κ2) is 9.00. The molecule has 0 fully saturated rings. The van der Waals surface area contributed by atoms with Crippen molar-refractivity contribution in [3.8, 4) is 5.75 Å². The molecule has 3 N–H and O–H groups in total. The summed E-state index contributed by atoms with van der Waals surface area (Å²) in [6.07, 6.45) is 4.82. The summed E-state index contributed by atoms with van der Waals surface area (Å²) in [5, 5.41) is 20.8. The van der Waals surface area contributed by atoms with Crippen LogP contribution in [0.4, 0.5) is 5.69 Å². The van der Waals surface area contributed by atoms with Gasteiger partial charge in [0.25, 0.3) is 0 Å². The fourth-order valence-corrected chi connectivity index (χ4v) is 2.05. The third-order valence-electron chi connectivity index (χ3n) is 3.22. The van der Waals surface area contributed by atoms with Gasteiger partial charge in [0.2, 0.25) is 5.91 Å². The molecule has 0 unspecified atom stereocenters. The zero-order valence-electron chi connectivity index (χ0n) is 12.4. The summed E-state index contributed by atoms with van der Waals surface area (Å²) < 4.78 is 0. The van der Waals surface area contributed by atoms with Gasteiger partial charge in [0, 0.05) is 12.8 Å². The Kier molecular flexibility index (Phi) is 7.29. The van der Waals surface area contributed by atoms with Gasteiger partial charge in [-0.25, -0.2) is 0 Å². The fourth-order valence-electron chi connectivity index (χ4n) is 2.05. The maximum atomic E-state index is 11.8. The van der Waals surface area contributed by atoms with E-state index in [0.717, 1.165) is 31.2 Å². The molecule has 0 saturated carbocycles. The van der Waals surface area contributed by atoms with E-state index in [0.29, 0.717) is 18.5 Å². The van der Waals surface area contributed by atoms with Gasteiger partial charge in [-0.1, -0.05) is 25.3 Å². The van der Waals surface area contributed by atoms with E-state index >= 15 is 0 Å². The molecule has 0 saturated heterocycles. The Morgan fingerprint density at radius 1 is 1.05 bits per heavy atom. The van der Waals surface area contributed by atoms with Crippen LogP contribution in [-0.2, 0) is 9.59 Å². The third kappa shape index (κ3) is 7.34. The van der Waals surface area contributed by atoms with Gasteiger partial charge in [0.1, 0.15) is 5.75 Å². The van der Waals surface area contributed by atoms with Gasteiger partial charge < -0.3 is 15.5 Å². The highest BCUT2D eigenvalue weighted by Gasteiger charge is 2.06. The molecule has 0 heterocycles. The molecule has 1 aromatic carbocycles. The summed E-state index contributed by atoms with van der Waals surface area (Å²) in [6, 6.07) is 5.08. The lowest BCUT2D eigenvalue weighted by molar-refractivity contribution is -0.137. The standard InChI is InChI=1S/C16H23NO4/c1-12-9-10-14(18)13(11-12)17-15(19)7-5-3-2-4-6-8-16(20)21/h9-11,18H,2-8H2,1H3,(H,17,19)(H,20,21). The Balaban J connectivity index is 2.17. The minimum atomic E-state index is -0.757. The van der Waals surface area contributed by atoms with Crippen LogP contribution >= 0.6 is 0 Å². The molecular weight excluding hydrogens is 270 g/mol. The van der Waals surface area contributed by atoms with Crippen LogP contribution in [0.15, 0.2) is 18.2 Å². The molecule has 0 aliphatic rings. The summed E-state index contributed by atoms with van der Waals surface area (Å²) in [5.41, 5.74) is 1.42. The molecule has 0 aliphatic carbocycles. The van der Waals surface area contributed by atoms with E-state index in [-0.39, 0.29) is 18.1 Å². The number of nitrogens with one attached hydrogen (secondary N) is 1. The smallest absolute Gasteiger partial charge is 0.303 e. The Morgan fingerprint density at radius 2 is 1.67 bits per heavy atom. The molecule has 1 rings (SSSR count). The van der Waals surface area contributed by atoms with Crippen molar-refractivity contribution >= 4 is 17.6 Å². The van der Waals surface area contributed by atoms with E-state index in [1.54, 1.807) is 18.2 Å². The van der Waals surface area contributed by atoms with E-state index in [1.807, 2.05) is 6.92 Å². The first-order chi connectivity index (χ1) is 9.99. The molecule has 1 amide bonds. The van der Waals surface area contributed by atoms with E-state index < -0.39 is 5.97 Å². The number of hydrogen-bond acceptors (Lipinski definition) is 3. The van der Waals surface area contributed by atoms with Crippen molar-refractivity contribution in [2.24, 2.45) is 0 Å². The van der Waals surface area contributed by atoms with Crippen LogP contribution < -0.4 is 5.32 Å². The number of aliphatic carboxylic acids is 1. The Labute approximate surface area is 125 Å². The van der Waals surface area contributed by atoms with Crippen LogP contribution in [0.1, 0.15) is 50.5 Å². The fraction of sp³-hybridized carbons (Fsp3) is 0.500. The van der Waals surface area contributed by atoms with Gasteiger partial charge in [-0.05, 0) is 37.5 Å². The number of phenols is 1. The minimum Gasteiger partial charge on any atom is -0.506 e. The predicted octanol–water partition coefficient (Wildman–Crippen LogP) is 3.45. The van der Waals surface area contributed by atoms with E-state index in [2.05, 4.69) is 5.32 Å². The number of benzene rings is 1. The lowest BCUT2D eigenvalue weighted by Gasteiger charge is -2.08. The maximum Gasteiger partial charge on any atom is 0.303 e. The van der Waals surface area contributed by atoms with Crippen LogP contribution in [0.3, 0.4) is 0 Å². The molecule has 1 aromatic rings. The predicted molar refractivity (Wildman–Crippen MR) is 81.4 cm³/mol. The summed E-state index contributed by atoms with van der Waals surface area (Å²) in [4.78, 5) is 22.1. The van der Waals surface area contributed by atoms with Gasteiger partial charge >= 0.3 is 5.97 Å². The molecule has 0 bridgehead atoms. The van der Waals surface area contributed by atoms with E-state index in [1.165, 1.54) is 0 Å². The highest BCUT2D eigenvalue weighted by atomic mass is 16.4. The highest BCUT2D eigenvalue weighted by Crippen LogP contribution is 2.24. The zero-order chi connectivity index (χ0) is 15.7. The highest BCUT2D eigenvalue weighted by molar-refractivity contribution is 5.92. The summed E-state index contributed by atoms with van der Waals surface area (Å²) >= 11 is 0. The lowest BCUT2D eigenvalue weighted by atomic mass is 10.1. The number of carboxylic acids is 1. The second-order valence-electron chi connectivity index (χ2n) is 5.23. The molecule has 5 nitrogen and oxygen atoms in total. The molecule has 0 radical (unpaired) electrons. The molecule has 0 spiro atoms. The van der Waals surface area contributed by atoms with Crippen LogP contribution in [0.5, 0.6) is 5.75 Å². The zero-order valence-corrected chi connectivity index (χ0v) is 12.4. The van der Waals surface area contributed by atoms with Gasteiger partial charge in [-0.2, -0.15) is 0 Å². The van der Waals surface area contributed by atoms with Crippen molar-refractivity contribution in [3.05, 3.63) is 23.8 Å².